The van der Waals surface area contributed by atoms with Gasteiger partial charge in [-0.25, -0.2) is 4.79 Å². The van der Waals surface area contributed by atoms with Crippen LogP contribution in [0.4, 0.5) is 4.79 Å². The summed E-state index contributed by atoms with van der Waals surface area (Å²) >= 11 is 0. The van der Waals surface area contributed by atoms with E-state index in [1.165, 1.54) is 0 Å². The maximum absolute atomic E-state index is 11.8. The Morgan fingerprint density at radius 1 is 1.39 bits per heavy atom. The molecule has 1 saturated heterocycles. The van der Waals surface area contributed by atoms with E-state index < -0.39 is 5.60 Å². The molecule has 1 rings (SSSR count). The summed E-state index contributed by atoms with van der Waals surface area (Å²) in [5.41, 5.74) is -0.413. The summed E-state index contributed by atoms with van der Waals surface area (Å²) in [7, 11) is 0. The van der Waals surface area contributed by atoms with E-state index >= 15 is 0 Å². The minimum atomic E-state index is -0.413. The van der Waals surface area contributed by atoms with Gasteiger partial charge in [-0.3, -0.25) is 0 Å². The van der Waals surface area contributed by atoms with E-state index in [1.807, 2.05) is 34.6 Å². The quantitative estimate of drug-likeness (QED) is 0.734. The molecule has 1 unspecified atom stereocenters. The standard InChI is InChI=1S/C13H25NO3.Na.H/c1-10(2)16-9-11-6-7-14(8-11)12(15)17-13(3,4)5;;/h10-11H,6-9H2,1-5H3;;. The number of carbonyl (C=O) groups excluding carboxylic acids is 1. The third-order valence-corrected chi connectivity index (χ3v) is 2.60. The van der Waals surface area contributed by atoms with Gasteiger partial charge in [-0.2, -0.15) is 0 Å². The van der Waals surface area contributed by atoms with Crippen LogP contribution in [0.15, 0.2) is 0 Å². The van der Waals surface area contributed by atoms with Crippen LogP contribution < -0.4 is 0 Å². The number of nitrogens with zero attached hydrogens (tertiary/aromatic N) is 1. The molecule has 0 aromatic carbocycles. The zero-order chi connectivity index (χ0) is 13.1. The molecule has 1 aliphatic heterocycles. The number of hydrogen-bond donors (Lipinski definition) is 0. The maximum atomic E-state index is 11.8. The molecule has 1 atom stereocenters. The van der Waals surface area contributed by atoms with Gasteiger partial charge in [-0.1, -0.05) is 0 Å². The molecule has 0 aromatic rings. The number of carbonyl (C=O) groups is 1. The molecule has 1 heterocycles. The number of amides is 1. The van der Waals surface area contributed by atoms with E-state index in [9.17, 15) is 4.79 Å². The van der Waals surface area contributed by atoms with E-state index in [2.05, 4.69) is 0 Å². The van der Waals surface area contributed by atoms with Crippen molar-refractivity contribution in [3.63, 3.8) is 0 Å². The minimum absolute atomic E-state index is 0. The molecule has 102 valence electrons. The predicted molar refractivity (Wildman–Crippen MR) is 74.2 cm³/mol. The molecular weight excluding hydrogens is 241 g/mol. The molecular formula is C13H26NNaO3. The van der Waals surface area contributed by atoms with Crippen molar-refractivity contribution in [2.24, 2.45) is 5.92 Å². The Morgan fingerprint density at radius 3 is 2.50 bits per heavy atom. The fourth-order valence-electron chi connectivity index (χ4n) is 1.79. The Bertz CT molecular complexity index is 263. The molecule has 0 bridgehead atoms. The summed E-state index contributed by atoms with van der Waals surface area (Å²) in [6.45, 7) is 12.0. The molecule has 4 nitrogen and oxygen atoms in total. The summed E-state index contributed by atoms with van der Waals surface area (Å²) in [6, 6.07) is 0. The van der Waals surface area contributed by atoms with Crippen molar-refractivity contribution in [2.75, 3.05) is 19.7 Å². The number of hydrogen-bond acceptors (Lipinski definition) is 3. The Kier molecular flexibility index (Phi) is 7.83. The molecule has 1 aliphatic rings. The van der Waals surface area contributed by atoms with Gasteiger partial charge in [0.2, 0.25) is 0 Å². The number of rotatable bonds is 3. The van der Waals surface area contributed by atoms with Gasteiger partial charge in [0.25, 0.3) is 0 Å². The summed E-state index contributed by atoms with van der Waals surface area (Å²) in [5, 5.41) is 0. The molecule has 18 heavy (non-hydrogen) atoms. The van der Waals surface area contributed by atoms with Crippen molar-refractivity contribution in [1.82, 2.24) is 4.90 Å². The van der Waals surface area contributed by atoms with Crippen molar-refractivity contribution < 1.29 is 14.3 Å². The van der Waals surface area contributed by atoms with E-state index in [-0.39, 0.29) is 41.8 Å². The Labute approximate surface area is 133 Å². The van der Waals surface area contributed by atoms with Gasteiger partial charge in [0.1, 0.15) is 5.60 Å². The molecule has 0 spiro atoms. The summed E-state index contributed by atoms with van der Waals surface area (Å²) < 4.78 is 10.9. The molecule has 0 aromatic heterocycles. The third kappa shape index (κ3) is 6.98. The Hall–Kier alpha value is 0.230. The first-order valence-electron chi connectivity index (χ1n) is 6.37. The average molecular weight is 267 g/mol. The van der Waals surface area contributed by atoms with E-state index in [0.29, 0.717) is 5.92 Å². The number of ether oxygens (including phenoxy) is 2. The Morgan fingerprint density at radius 2 is 2.00 bits per heavy atom. The molecule has 5 heteroatoms. The van der Waals surface area contributed by atoms with Crippen molar-refractivity contribution in [3.8, 4) is 0 Å². The van der Waals surface area contributed by atoms with Crippen LogP contribution in [0.3, 0.4) is 0 Å². The van der Waals surface area contributed by atoms with Gasteiger partial charge in [-0.05, 0) is 41.0 Å². The normalized spacial score (nSPS) is 19.9. The summed E-state index contributed by atoms with van der Waals surface area (Å²) in [6.07, 6.45) is 1.06. The number of likely N-dealkylation sites (tertiary alicyclic amines) is 1. The molecule has 0 saturated carbocycles. The third-order valence-electron chi connectivity index (χ3n) is 2.60. The molecule has 0 aliphatic carbocycles. The zero-order valence-corrected chi connectivity index (χ0v) is 11.7. The van der Waals surface area contributed by atoms with Crippen LogP contribution in [0.2, 0.25) is 0 Å². The van der Waals surface area contributed by atoms with E-state index in [4.69, 9.17) is 9.47 Å². The van der Waals surface area contributed by atoms with Crippen molar-refractivity contribution >= 4 is 35.7 Å². The Balaban J connectivity index is 0.00000289. The predicted octanol–water partition coefficient (Wildman–Crippen LogP) is 2.02. The van der Waals surface area contributed by atoms with Crippen LogP contribution in [0.1, 0.15) is 41.0 Å². The second kappa shape index (κ2) is 7.73. The summed E-state index contributed by atoms with van der Waals surface area (Å²) in [4.78, 5) is 13.6. The van der Waals surface area contributed by atoms with Gasteiger partial charge in [0.15, 0.2) is 0 Å². The second-order valence-electron chi connectivity index (χ2n) is 5.96. The van der Waals surface area contributed by atoms with Crippen molar-refractivity contribution in [3.05, 3.63) is 0 Å². The average Bonchev–Trinajstić information content (AvgIpc) is 2.60. The van der Waals surface area contributed by atoms with Crippen LogP contribution >= 0.6 is 0 Å². The second-order valence-corrected chi connectivity index (χ2v) is 5.96. The van der Waals surface area contributed by atoms with Gasteiger partial charge in [0, 0.05) is 19.0 Å². The van der Waals surface area contributed by atoms with Crippen LogP contribution in [-0.4, -0.2) is 72.0 Å². The van der Waals surface area contributed by atoms with E-state index in [1.54, 1.807) is 4.90 Å². The molecule has 1 fully saturated rings. The van der Waals surface area contributed by atoms with Crippen LogP contribution in [0, 0.1) is 5.92 Å². The zero-order valence-electron chi connectivity index (χ0n) is 11.7. The van der Waals surface area contributed by atoms with Gasteiger partial charge in [0.05, 0.1) is 12.7 Å². The molecule has 1 amide bonds. The van der Waals surface area contributed by atoms with Gasteiger partial charge in [-0.15, -0.1) is 0 Å². The van der Waals surface area contributed by atoms with Crippen LogP contribution in [-0.2, 0) is 9.47 Å². The fourth-order valence-corrected chi connectivity index (χ4v) is 1.79. The molecule has 0 radical (unpaired) electrons. The fraction of sp³-hybridized carbons (Fsp3) is 0.923. The van der Waals surface area contributed by atoms with Crippen molar-refractivity contribution in [1.29, 1.82) is 0 Å². The van der Waals surface area contributed by atoms with Gasteiger partial charge >= 0.3 is 35.7 Å². The monoisotopic (exact) mass is 267 g/mol. The first-order valence-corrected chi connectivity index (χ1v) is 6.37. The van der Waals surface area contributed by atoms with E-state index in [0.717, 1.165) is 26.1 Å². The van der Waals surface area contributed by atoms with Crippen LogP contribution in [0.25, 0.3) is 0 Å². The topological polar surface area (TPSA) is 38.8 Å². The first kappa shape index (κ1) is 18.2. The van der Waals surface area contributed by atoms with Crippen molar-refractivity contribution in [2.45, 2.75) is 52.7 Å². The van der Waals surface area contributed by atoms with Crippen LogP contribution in [0.5, 0.6) is 0 Å². The molecule has 0 N–H and O–H groups in total. The first-order chi connectivity index (χ1) is 7.78. The van der Waals surface area contributed by atoms with Gasteiger partial charge < -0.3 is 14.4 Å². The summed E-state index contributed by atoms with van der Waals surface area (Å²) in [5.74, 6) is 0.449. The SMILES string of the molecule is CC(C)OCC1CCN(C(=O)OC(C)(C)C)C1.[NaH].